The van der Waals surface area contributed by atoms with Crippen LogP contribution in [-0.4, -0.2) is 17.2 Å². The van der Waals surface area contributed by atoms with Gasteiger partial charge in [0.2, 0.25) is 0 Å². The minimum atomic E-state index is -0.547. The predicted octanol–water partition coefficient (Wildman–Crippen LogP) is 2.95. The lowest BCUT2D eigenvalue weighted by molar-refractivity contribution is -0.125. The summed E-state index contributed by atoms with van der Waals surface area (Å²) in [6.07, 6.45) is -0.547. The van der Waals surface area contributed by atoms with Crippen molar-refractivity contribution in [2.75, 3.05) is 4.90 Å². The summed E-state index contributed by atoms with van der Waals surface area (Å²) in [4.78, 5) is 13.9. The Morgan fingerprint density at radius 2 is 2.20 bits per heavy atom. The number of ether oxygens (including phenoxy) is 1. The summed E-state index contributed by atoms with van der Waals surface area (Å²) in [5, 5.41) is 4.50. The van der Waals surface area contributed by atoms with E-state index in [2.05, 4.69) is 5.16 Å². The molecule has 1 aliphatic rings. The second-order valence-electron chi connectivity index (χ2n) is 4.73. The molecule has 0 bridgehead atoms. The fourth-order valence-electron chi connectivity index (χ4n) is 2.20. The number of hydrogen-bond acceptors (Lipinski definition) is 4. The van der Waals surface area contributed by atoms with Crippen LogP contribution >= 0.6 is 11.6 Å². The number of anilines is 1. The highest BCUT2D eigenvalue weighted by Gasteiger charge is 2.32. The topological polar surface area (TPSA) is 55.6 Å². The Bertz CT molecular complexity index is 668. The molecule has 6 heteroatoms. The van der Waals surface area contributed by atoms with E-state index in [0.29, 0.717) is 34.5 Å². The van der Waals surface area contributed by atoms with E-state index in [1.807, 2.05) is 13.0 Å². The number of benzene rings is 1. The molecule has 0 fully saturated rings. The Hall–Kier alpha value is -2.01. The molecule has 0 saturated carbocycles. The number of fused-ring (bicyclic) bond motifs is 1. The van der Waals surface area contributed by atoms with Crippen molar-refractivity contribution in [3.8, 4) is 5.75 Å². The summed E-state index contributed by atoms with van der Waals surface area (Å²) in [5.74, 6) is 1.20. The SMILES string of the molecule is Cc1cc(CN2C(=O)C(C)Oc3cc(Cl)ccc32)no1. The predicted molar refractivity (Wildman–Crippen MR) is 74.0 cm³/mol. The van der Waals surface area contributed by atoms with Crippen molar-refractivity contribution in [1.29, 1.82) is 0 Å². The van der Waals surface area contributed by atoms with Gasteiger partial charge in [-0.3, -0.25) is 9.69 Å². The lowest BCUT2D eigenvalue weighted by Gasteiger charge is -2.32. The third-order valence-corrected chi connectivity index (χ3v) is 3.36. The number of rotatable bonds is 2. The van der Waals surface area contributed by atoms with Crippen molar-refractivity contribution >= 4 is 23.2 Å². The molecule has 1 aromatic carbocycles. The maximum absolute atomic E-state index is 12.3. The smallest absolute Gasteiger partial charge is 0.268 e. The number of aromatic nitrogens is 1. The first kappa shape index (κ1) is 13.0. The number of hydrogen-bond donors (Lipinski definition) is 0. The highest BCUT2D eigenvalue weighted by atomic mass is 35.5. The Labute approximate surface area is 121 Å². The monoisotopic (exact) mass is 292 g/mol. The lowest BCUT2D eigenvalue weighted by atomic mass is 10.1. The van der Waals surface area contributed by atoms with Crippen LogP contribution in [0.1, 0.15) is 18.4 Å². The zero-order valence-corrected chi connectivity index (χ0v) is 11.8. The van der Waals surface area contributed by atoms with Crippen molar-refractivity contribution in [3.63, 3.8) is 0 Å². The van der Waals surface area contributed by atoms with Gasteiger partial charge in [0, 0.05) is 17.2 Å². The van der Waals surface area contributed by atoms with Gasteiger partial charge in [-0.25, -0.2) is 0 Å². The van der Waals surface area contributed by atoms with Gasteiger partial charge in [0.05, 0.1) is 12.2 Å². The van der Waals surface area contributed by atoms with Crippen LogP contribution in [0.3, 0.4) is 0 Å². The molecule has 2 aromatic rings. The van der Waals surface area contributed by atoms with E-state index in [1.165, 1.54) is 0 Å². The zero-order valence-electron chi connectivity index (χ0n) is 11.1. The number of halogens is 1. The van der Waals surface area contributed by atoms with E-state index in [-0.39, 0.29) is 5.91 Å². The van der Waals surface area contributed by atoms with Crippen molar-refractivity contribution in [2.24, 2.45) is 0 Å². The van der Waals surface area contributed by atoms with E-state index in [1.54, 1.807) is 30.0 Å². The maximum Gasteiger partial charge on any atom is 0.268 e. The van der Waals surface area contributed by atoms with Gasteiger partial charge in [-0.05, 0) is 26.0 Å². The highest BCUT2D eigenvalue weighted by Crippen LogP contribution is 2.36. The molecule has 0 spiro atoms. The largest absolute Gasteiger partial charge is 0.479 e. The molecule has 2 heterocycles. The standard InChI is InChI=1S/C14H13ClN2O3/c1-8-5-11(16-20-8)7-17-12-4-3-10(15)6-13(12)19-9(2)14(17)18/h3-6,9H,7H2,1-2H3. The first-order chi connectivity index (χ1) is 9.54. The molecule has 1 atom stereocenters. The first-order valence-electron chi connectivity index (χ1n) is 6.24. The van der Waals surface area contributed by atoms with E-state index in [0.717, 1.165) is 0 Å². The van der Waals surface area contributed by atoms with Gasteiger partial charge in [-0.1, -0.05) is 16.8 Å². The van der Waals surface area contributed by atoms with Crippen LogP contribution in [0.15, 0.2) is 28.8 Å². The van der Waals surface area contributed by atoms with E-state index >= 15 is 0 Å². The summed E-state index contributed by atoms with van der Waals surface area (Å²) in [6, 6.07) is 7.02. The Morgan fingerprint density at radius 1 is 1.40 bits per heavy atom. The van der Waals surface area contributed by atoms with E-state index in [4.69, 9.17) is 20.9 Å². The fourth-order valence-corrected chi connectivity index (χ4v) is 2.36. The van der Waals surface area contributed by atoms with Gasteiger partial charge in [-0.2, -0.15) is 0 Å². The van der Waals surface area contributed by atoms with Gasteiger partial charge >= 0.3 is 0 Å². The zero-order chi connectivity index (χ0) is 14.3. The summed E-state index contributed by atoms with van der Waals surface area (Å²) in [6.45, 7) is 3.87. The molecule has 20 heavy (non-hydrogen) atoms. The molecule has 1 amide bonds. The molecule has 1 aromatic heterocycles. The van der Waals surface area contributed by atoms with Gasteiger partial charge in [0.15, 0.2) is 6.10 Å². The molecule has 0 saturated heterocycles. The van der Waals surface area contributed by atoms with Crippen LogP contribution in [0, 0.1) is 6.92 Å². The molecule has 1 unspecified atom stereocenters. The maximum atomic E-state index is 12.3. The Kier molecular flexibility index (Phi) is 3.14. The third-order valence-electron chi connectivity index (χ3n) is 3.13. The molecule has 0 N–H and O–H groups in total. The summed E-state index contributed by atoms with van der Waals surface area (Å²) >= 11 is 5.96. The second kappa shape index (κ2) is 4.83. The van der Waals surface area contributed by atoms with Gasteiger partial charge in [0.1, 0.15) is 17.2 Å². The van der Waals surface area contributed by atoms with Crippen LogP contribution in [0.25, 0.3) is 0 Å². The number of aryl methyl sites for hydroxylation is 1. The van der Waals surface area contributed by atoms with Gasteiger partial charge in [0.25, 0.3) is 5.91 Å². The first-order valence-corrected chi connectivity index (χ1v) is 6.62. The summed E-state index contributed by atoms with van der Waals surface area (Å²) in [7, 11) is 0. The second-order valence-corrected chi connectivity index (χ2v) is 5.16. The minimum absolute atomic E-state index is 0.111. The molecule has 0 radical (unpaired) electrons. The average molecular weight is 293 g/mol. The molecular weight excluding hydrogens is 280 g/mol. The average Bonchev–Trinajstić information content (AvgIpc) is 2.80. The number of carbonyl (C=O) groups excluding carboxylic acids is 1. The molecule has 1 aliphatic heterocycles. The molecule has 104 valence electrons. The van der Waals surface area contributed by atoms with Crippen molar-refractivity contribution < 1.29 is 14.1 Å². The summed E-state index contributed by atoms with van der Waals surface area (Å²) < 4.78 is 10.6. The third kappa shape index (κ3) is 2.25. The van der Waals surface area contributed by atoms with Crippen molar-refractivity contribution in [1.82, 2.24) is 5.16 Å². The van der Waals surface area contributed by atoms with E-state index in [9.17, 15) is 4.79 Å². The van der Waals surface area contributed by atoms with Crippen molar-refractivity contribution in [2.45, 2.75) is 26.5 Å². The molecule has 5 nitrogen and oxygen atoms in total. The van der Waals surface area contributed by atoms with Crippen LogP contribution in [0.4, 0.5) is 5.69 Å². The quantitative estimate of drug-likeness (QED) is 0.854. The van der Waals surface area contributed by atoms with Gasteiger partial charge in [-0.15, -0.1) is 0 Å². The fraction of sp³-hybridized carbons (Fsp3) is 0.286. The van der Waals surface area contributed by atoms with Crippen LogP contribution in [0.2, 0.25) is 5.02 Å². The van der Waals surface area contributed by atoms with Gasteiger partial charge < -0.3 is 9.26 Å². The van der Waals surface area contributed by atoms with Crippen LogP contribution < -0.4 is 9.64 Å². The lowest BCUT2D eigenvalue weighted by Crippen LogP contribution is -2.44. The number of nitrogens with zero attached hydrogens (tertiary/aromatic N) is 2. The number of carbonyl (C=O) groups is 1. The Balaban J connectivity index is 1.98. The van der Waals surface area contributed by atoms with Crippen molar-refractivity contribution in [3.05, 3.63) is 40.7 Å². The van der Waals surface area contributed by atoms with E-state index < -0.39 is 6.10 Å². The summed E-state index contributed by atoms with van der Waals surface area (Å²) in [5.41, 5.74) is 1.39. The Morgan fingerprint density at radius 3 is 2.90 bits per heavy atom. The normalized spacial score (nSPS) is 17.9. The highest BCUT2D eigenvalue weighted by molar-refractivity contribution is 6.30. The molecule has 0 aliphatic carbocycles. The number of amides is 1. The molecule has 3 rings (SSSR count). The minimum Gasteiger partial charge on any atom is -0.479 e. The van der Waals surface area contributed by atoms with Crippen LogP contribution in [0.5, 0.6) is 5.75 Å². The van der Waals surface area contributed by atoms with Crippen LogP contribution in [-0.2, 0) is 11.3 Å². The molecular formula is C14H13ClN2O3.